The maximum atomic E-state index is 11.1. The lowest BCUT2D eigenvalue weighted by Gasteiger charge is -2.38. The van der Waals surface area contributed by atoms with Gasteiger partial charge in [-0.15, -0.1) is 0 Å². The van der Waals surface area contributed by atoms with Gasteiger partial charge in [-0.25, -0.2) is 0 Å². The highest BCUT2D eigenvalue weighted by Gasteiger charge is 2.52. The van der Waals surface area contributed by atoms with Crippen LogP contribution in [0.5, 0.6) is 0 Å². The Morgan fingerprint density at radius 2 is 1.92 bits per heavy atom. The molecule has 3 rings (SSSR count). The van der Waals surface area contributed by atoms with Crippen molar-refractivity contribution in [1.82, 2.24) is 0 Å². The van der Waals surface area contributed by atoms with Gasteiger partial charge in [0.1, 0.15) is 0 Å². The Balaban J connectivity index is 2.18. The highest BCUT2D eigenvalue weighted by atomic mass is 16.6. The highest BCUT2D eigenvalue weighted by Crippen LogP contribution is 2.55. The summed E-state index contributed by atoms with van der Waals surface area (Å²) in [6.07, 6.45) is 2.38. The van der Waals surface area contributed by atoms with E-state index in [9.17, 15) is 25.9 Å². The molecule has 1 saturated carbocycles. The number of nitrogens with zero attached hydrogens (tertiary/aromatic N) is 4. The maximum absolute atomic E-state index is 11.1. The SMILES string of the molecule is N#CC1=C(N)C(C#N)(C#N)[C@H](c2cccc([N+](=O)[O-])c2)C[C@H]1C1CC1. The summed E-state index contributed by atoms with van der Waals surface area (Å²) in [6, 6.07) is 12.1. The van der Waals surface area contributed by atoms with Gasteiger partial charge in [-0.2, -0.15) is 15.8 Å². The van der Waals surface area contributed by atoms with Crippen molar-refractivity contribution in [1.29, 1.82) is 15.8 Å². The van der Waals surface area contributed by atoms with E-state index in [4.69, 9.17) is 5.73 Å². The van der Waals surface area contributed by atoms with Gasteiger partial charge < -0.3 is 5.73 Å². The summed E-state index contributed by atoms with van der Waals surface area (Å²) in [7, 11) is 0. The number of rotatable bonds is 3. The molecule has 0 aromatic heterocycles. The van der Waals surface area contributed by atoms with Gasteiger partial charge in [-0.05, 0) is 36.7 Å². The normalized spacial score (nSPS) is 24.7. The zero-order valence-electron chi connectivity index (χ0n) is 13.3. The molecular weight excluding hydrogens is 318 g/mol. The number of hydrogen-bond donors (Lipinski definition) is 1. The molecule has 0 bridgehead atoms. The van der Waals surface area contributed by atoms with Crippen LogP contribution in [0.4, 0.5) is 5.69 Å². The first-order chi connectivity index (χ1) is 12.0. The van der Waals surface area contributed by atoms with Gasteiger partial charge in [0.2, 0.25) is 0 Å². The molecule has 1 aromatic rings. The molecule has 0 saturated heterocycles. The van der Waals surface area contributed by atoms with Crippen molar-refractivity contribution >= 4 is 5.69 Å². The second-order valence-electron chi connectivity index (χ2n) is 6.56. The molecule has 0 radical (unpaired) electrons. The second-order valence-corrected chi connectivity index (χ2v) is 6.56. The highest BCUT2D eigenvalue weighted by molar-refractivity contribution is 5.50. The van der Waals surface area contributed by atoms with Crippen LogP contribution in [0.25, 0.3) is 0 Å². The molecule has 7 heteroatoms. The number of benzene rings is 1. The van der Waals surface area contributed by atoms with Crippen LogP contribution in [0.3, 0.4) is 0 Å². The third-order valence-electron chi connectivity index (χ3n) is 5.25. The third-order valence-corrected chi connectivity index (χ3v) is 5.25. The summed E-state index contributed by atoms with van der Waals surface area (Å²) < 4.78 is 0. The van der Waals surface area contributed by atoms with E-state index in [1.165, 1.54) is 12.1 Å². The van der Waals surface area contributed by atoms with E-state index in [0.717, 1.165) is 12.8 Å². The zero-order chi connectivity index (χ0) is 18.2. The third kappa shape index (κ3) is 2.49. The summed E-state index contributed by atoms with van der Waals surface area (Å²) in [5, 5.41) is 40.1. The fourth-order valence-corrected chi connectivity index (χ4v) is 3.76. The van der Waals surface area contributed by atoms with Gasteiger partial charge >= 0.3 is 0 Å². The first-order valence-corrected chi connectivity index (χ1v) is 7.95. The molecule has 2 N–H and O–H groups in total. The van der Waals surface area contributed by atoms with Gasteiger partial charge in [0.15, 0.2) is 5.41 Å². The van der Waals surface area contributed by atoms with E-state index in [1.807, 2.05) is 12.1 Å². The molecule has 0 aliphatic heterocycles. The Bertz CT molecular complexity index is 881. The molecular formula is C18H15N5O2. The summed E-state index contributed by atoms with van der Waals surface area (Å²) in [6.45, 7) is 0. The Morgan fingerprint density at radius 3 is 2.44 bits per heavy atom. The van der Waals surface area contributed by atoms with Gasteiger partial charge in [0.05, 0.1) is 34.4 Å². The molecule has 2 atom stereocenters. The molecule has 0 spiro atoms. The minimum Gasteiger partial charge on any atom is -0.399 e. The maximum Gasteiger partial charge on any atom is 0.269 e. The quantitative estimate of drug-likeness (QED) is 0.666. The first kappa shape index (κ1) is 16.5. The van der Waals surface area contributed by atoms with Gasteiger partial charge in [0.25, 0.3) is 5.69 Å². The van der Waals surface area contributed by atoms with Crippen molar-refractivity contribution in [2.24, 2.45) is 23.0 Å². The number of hydrogen-bond acceptors (Lipinski definition) is 6. The largest absolute Gasteiger partial charge is 0.399 e. The van der Waals surface area contributed by atoms with E-state index in [0.29, 0.717) is 23.5 Å². The predicted molar refractivity (Wildman–Crippen MR) is 87.2 cm³/mol. The van der Waals surface area contributed by atoms with Gasteiger partial charge in [-0.1, -0.05) is 12.1 Å². The molecule has 25 heavy (non-hydrogen) atoms. The molecule has 1 aromatic carbocycles. The Morgan fingerprint density at radius 1 is 1.24 bits per heavy atom. The average molecular weight is 333 g/mol. The lowest BCUT2D eigenvalue weighted by Crippen LogP contribution is -2.39. The minimum atomic E-state index is -1.69. The average Bonchev–Trinajstić information content (AvgIpc) is 3.46. The lowest BCUT2D eigenvalue weighted by molar-refractivity contribution is -0.384. The molecule has 124 valence electrons. The van der Waals surface area contributed by atoms with Crippen molar-refractivity contribution in [2.45, 2.75) is 25.2 Å². The summed E-state index contributed by atoms with van der Waals surface area (Å²) in [5.74, 6) is -0.390. The molecule has 0 heterocycles. The number of nitriles is 3. The van der Waals surface area contributed by atoms with E-state index < -0.39 is 16.3 Å². The van der Waals surface area contributed by atoms with Crippen molar-refractivity contribution < 1.29 is 4.92 Å². The zero-order valence-corrected chi connectivity index (χ0v) is 13.3. The first-order valence-electron chi connectivity index (χ1n) is 7.95. The van der Waals surface area contributed by atoms with Crippen molar-refractivity contribution in [3.63, 3.8) is 0 Å². The van der Waals surface area contributed by atoms with E-state index in [-0.39, 0.29) is 17.3 Å². The van der Waals surface area contributed by atoms with Crippen molar-refractivity contribution in [3.05, 3.63) is 51.2 Å². The molecule has 0 unspecified atom stereocenters. The fraction of sp³-hybridized carbons (Fsp3) is 0.389. The van der Waals surface area contributed by atoms with Crippen LogP contribution in [0, 0.1) is 61.4 Å². The number of nitro benzene ring substituents is 1. The number of allylic oxidation sites excluding steroid dienone is 2. The van der Waals surface area contributed by atoms with Crippen LogP contribution < -0.4 is 5.73 Å². The van der Waals surface area contributed by atoms with E-state index >= 15 is 0 Å². The van der Waals surface area contributed by atoms with Crippen LogP contribution in [0.2, 0.25) is 0 Å². The molecule has 0 amide bonds. The number of nitrogens with two attached hydrogens (primary N) is 1. The molecule has 7 nitrogen and oxygen atoms in total. The standard InChI is InChI=1S/C18H15N5O2/c19-8-15-14(11-4-5-11)7-16(18(9-20,10-21)17(15)22)12-2-1-3-13(6-12)23(24)25/h1-3,6,11,14,16H,4-5,7,22H2/t14-,16-/m0/s1. The van der Waals surface area contributed by atoms with Crippen molar-refractivity contribution in [3.8, 4) is 18.2 Å². The minimum absolute atomic E-state index is 0.000318. The predicted octanol–water partition coefficient (Wildman–Crippen LogP) is 2.88. The summed E-state index contributed by atoms with van der Waals surface area (Å²) >= 11 is 0. The van der Waals surface area contributed by atoms with Gasteiger partial charge in [-0.3, -0.25) is 10.1 Å². The number of nitro groups is 1. The second kappa shape index (κ2) is 5.92. The van der Waals surface area contributed by atoms with E-state index in [1.54, 1.807) is 12.1 Å². The Hall–Kier alpha value is -3.37. The van der Waals surface area contributed by atoms with Crippen LogP contribution in [0.15, 0.2) is 35.5 Å². The number of non-ortho nitro benzene ring substituents is 1. The fourth-order valence-electron chi connectivity index (χ4n) is 3.76. The Labute approximate surface area is 144 Å². The van der Waals surface area contributed by atoms with Crippen LogP contribution in [0.1, 0.15) is 30.7 Å². The van der Waals surface area contributed by atoms with Crippen molar-refractivity contribution in [2.75, 3.05) is 0 Å². The smallest absolute Gasteiger partial charge is 0.269 e. The summed E-state index contributed by atoms with van der Waals surface area (Å²) in [4.78, 5) is 10.6. The molecule has 1 fully saturated rings. The molecule has 2 aliphatic carbocycles. The van der Waals surface area contributed by atoms with Crippen LogP contribution >= 0.6 is 0 Å². The van der Waals surface area contributed by atoms with Gasteiger partial charge in [0, 0.05) is 18.1 Å². The monoisotopic (exact) mass is 333 g/mol. The topological polar surface area (TPSA) is 141 Å². The summed E-state index contributed by atoms with van der Waals surface area (Å²) in [5.41, 5.74) is 5.22. The Kier molecular flexibility index (Phi) is 3.91. The molecule has 2 aliphatic rings. The lowest BCUT2D eigenvalue weighted by atomic mass is 9.61. The van der Waals surface area contributed by atoms with Crippen LogP contribution in [-0.4, -0.2) is 4.92 Å². The van der Waals surface area contributed by atoms with E-state index in [2.05, 4.69) is 6.07 Å². The van der Waals surface area contributed by atoms with Crippen LogP contribution in [-0.2, 0) is 0 Å².